The second-order valence-corrected chi connectivity index (χ2v) is 11.2. The Bertz CT molecular complexity index is 1490. The number of hydrogen-bond acceptors (Lipinski definition) is 6. The quantitative estimate of drug-likeness (QED) is 0.134. The number of hydrazine groups is 1. The molecule has 3 rings (SSSR count). The average molecular weight is 627 g/mol. The molecule has 0 heterocycles. The predicted octanol–water partition coefficient (Wildman–Crippen LogP) is 4.78. The zero-order valence-corrected chi connectivity index (χ0v) is 27.3. The summed E-state index contributed by atoms with van der Waals surface area (Å²) in [4.78, 5) is 42.0. The summed E-state index contributed by atoms with van der Waals surface area (Å²) >= 11 is 0. The van der Waals surface area contributed by atoms with E-state index in [4.69, 9.17) is 0 Å². The molecule has 0 aromatic heterocycles. The van der Waals surface area contributed by atoms with Crippen LogP contribution in [0.5, 0.6) is 5.75 Å². The van der Waals surface area contributed by atoms with E-state index in [1.165, 1.54) is 0 Å². The van der Waals surface area contributed by atoms with Gasteiger partial charge in [-0.25, -0.2) is 5.01 Å². The molecule has 0 fully saturated rings. The van der Waals surface area contributed by atoms with Crippen LogP contribution >= 0.6 is 0 Å². The van der Waals surface area contributed by atoms with Crippen LogP contribution in [-0.2, 0) is 6.42 Å². The number of aliphatic hydroxyl groups is 1. The van der Waals surface area contributed by atoms with E-state index in [2.05, 4.69) is 22.6 Å². The van der Waals surface area contributed by atoms with Crippen LogP contribution in [0.1, 0.15) is 89.2 Å². The summed E-state index contributed by atoms with van der Waals surface area (Å²) < 4.78 is 0. The number of aromatic hydroxyl groups is 1. The molecule has 0 saturated heterocycles. The van der Waals surface area contributed by atoms with Gasteiger partial charge in [0.15, 0.2) is 0 Å². The minimum Gasteiger partial charge on any atom is -0.508 e. The van der Waals surface area contributed by atoms with Crippen LogP contribution in [0.2, 0.25) is 0 Å². The summed E-state index contributed by atoms with van der Waals surface area (Å²) in [5, 5.41) is 26.0. The fraction of sp³-hybridized carbons (Fsp3) is 0.378. The van der Waals surface area contributed by atoms with Crippen molar-refractivity contribution in [2.75, 3.05) is 26.2 Å². The molecule has 3 aromatic carbocycles. The van der Waals surface area contributed by atoms with Crippen LogP contribution in [0.3, 0.4) is 0 Å². The van der Waals surface area contributed by atoms with Crippen LogP contribution in [0.4, 0.5) is 0 Å². The van der Waals surface area contributed by atoms with Crippen LogP contribution in [-0.4, -0.2) is 76.2 Å². The standard InChI is InChI=1S/C37H46N4O5/c1-5-12-28-22-30(25-31(23-28)37(46)40(19-6-2)20-7-3)35(44)38-33(24-27-15-17-32(42)18-16-27)34(43)26-41(21-8-4)39-36(45)29-13-10-9-11-14-29/h9-11,13-18,22-23,25,33-34,42-43H,6-8,19-21,24,26H2,1-4H3,(H,38,44)(H,39,45). The molecule has 244 valence electrons. The molecular weight excluding hydrogens is 580 g/mol. The molecule has 46 heavy (non-hydrogen) atoms. The first-order valence-electron chi connectivity index (χ1n) is 15.9. The minimum atomic E-state index is -1.09. The summed E-state index contributed by atoms with van der Waals surface area (Å²) in [6, 6.07) is 19.5. The lowest BCUT2D eigenvalue weighted by molar-refractivity contribution is 0.0452. The zero-order chi connectivity index (χ0) is 33.5. The molecule has 4 N–H and O–H groups in total. The van der Waals surface area contributed by atoms with E-state index in [0.717, 1.165) is 18.4 Å². The Morgan fingerprint density at radius 1 is 0.804 bits per heavy atom. The number of carbonyl (C=O) groups excluding carboxylic acids is 3. The van der Waals surface area contributed by atoms with Gasteiger partial charge in [-0.3, -0.25) is 19.8 Å². The van der Waals surface area contributed by atoms with Crippen molar-refractivity contribution in [2.45, 2.75) is 65.5 Å². The van der Waals surface area contributed by atoms with Crippen molar-refractivity contribution in [3.05, 3.63) is 101 Å². The highest BCUT2D eigenvalue weighted by Crippen LogP contribution is 2.17. The summed E-state index contributed by atoms with van der Waals surface area (Å²) in [5.74, 6) is 4.99. The Labute approximate surface area is 272 Å². The highest BCUT2D eigenvalue weighted by atomic mass is 16.3. The van der Waals surface area contributed by atoms with Gasteiger partial charge in [0.05, 0.1) is 12.1 Å². The van der Waals surface area contributed by atoms with Gasteiger partial charge in [-0.1, -0.05) is 57.0 Å². The monoisotopic (exact) mass is 626 g/mol. The number of phenols is 1. The summed E-state index contributed by atoms with van der Waals surface area (Å²) in [6.07, 6.45) is 1.49. The van der Waals surface area contributed by atoms with E-state index in [0.29, 0.717) is 42.7 Å². The molecule has 3 amide bonds. The lowest BCUT2D eigenvalue weighted by Crippen LogP contribution is -2.53. The smallest absolute Gasteiger partial charge is 0.265 e. The Morgan fingerprint density at radius 3 is 2.04 bits per heavy atom. The predicted molar refractivity (Wildman–Crippen MR) is 180 cm³/mol. The number of nitrogens with zero attached hydrogens (tertiary/aromatic N) is 2. The number of amides is 3. The van der Waals surface area contributed by atoms with E-state index in [9.17, 15) is 24.6 Å². The van der Waals surface area contributed by atoms with Crippen molar-refractivity contribution in [2.24, 2.45) is 0 Å². The number of phenolic OH excluding ortho intramolecular Hbond substituents is 1. The van der Waals surface area contributed by atoms with Crippen molar-refractivity contribution >= 4 is 17.7 Å². The third-order valence-electron chi connectivity index (χ3n) is 7.36. The molecule has 0 spiro atoms. The highest BCUT2D eigenvalue weighted by Gasteiger charge is 2.26. The van der Waals surface area contributed by atoms with Crippen LogP contribution < -0.4 is 10.7 Å². The molecule has 0 aliphatic carbocycles. The Hall–Kier alpha value is -4.65. The number of hydrogen-bond donors (Lipinski definition) is 4. The molecule has 9 heteroatoms. The molecule has 9 nitrogen and oxygen atoms in total. The van der Waals surface area contributed by atoms with E-state index in [1.807, 2.05) is 26.8 Å². The average Bonchev–Trinajstić information content (AvgIpc) is 3.05. The number of aliphatic hydroxyl groups excluding tert-OH is 1. The lowest BCUT2D eigenvalue weighted by atomic mass is 9.99. The van der Waals surface area contributed by atoms with Gasteiger partial charge in [-0.15, -0.1) is 5.92 Å². The molecule has 0 aliphatic heterocycles. The van der Waals surface area contributed by atoms with Crippen LogP contribution in [0, 0.1) is 11.8 Å². The number of rotatable bonds is 16. The first-order chi connectivity index (χ1) is 22.2. The van der Waals surface area contributed by atoms with Gasteiger partial charge in [0.2, 0.25) is 0 Å². The van der Waals surface area contributed by atoms with Gasteiger partial charge in [0.25, 0.3) is 17.7 Å². The number of nitrogens with one attached hydrogen (secondary N) is 2. The minimum absolute atomic E-state index is 0.0452. The van der Waals surface area contributed by atoms with E-state index >= 15 is 0 Å². The molecule has 0 radical (unpaired) electrons. The Morgan fingerprint density at radius 2 is 1.43 bits per heavy atom. The molecule has 0 bridgehead atoms. The van der Waals surface area contributed by atoms with Gasteiger partial charge in [-0.2, -0.15) is 0 Å². The van der Waals surface area contributed by atoms with Crippen LogP contribution in [0.15, 0.2) is 72.8 Å². The number of carbonyl (C=O) groups is 3. The Kier molecular flexibility index (Phi) is 14.3. The van der Waals surface area contributed by atoms with Crippen LogP contribution in [0.25, 0.3) is 0 Å². The third kappa shape index (κ3) is 10.8. The normalized spacial score (nSPS) is 12.0. The van der Waals surface area contributed by atoms with Gasteiger partial charge in [0, 0.05) is 48.4 Å². The molecule has 0 aliphatic rings. The lowest BCUT2D eigenvalue weighted by Gasteiger charge is -2.30. The first kappa shape index (κ1) is 35.8. The fourth-order valence-corrected chi connectivity index (χ4v) is 5.17. The molecular formula is C37H46N4O5. The SMILES string of the molecule is CC#Cc1cc(C(=O)NC(Cc2ccc(O)cc2)C(O)CN(CCC)NC(=O)c2ccccc2)cc(C(=O)N(CCC)CCC)c1. The first-order valence-corrected chi connectivity index (χ1v) is 15.9. The fourth-order valence-electron chi connectivity index (χ4n) is 5.17. The van der Waals surface area contributed by atoms with Gasteiger partial charge in [0.1, 0.15) is 5.75 Å². The van der Waals surface area contributed by atoms with Gasteiger partial charge >= 0.3 is 0 Å². The van der Waals surface area contributed by atoms with Crippen molar-refractivity contribution in [1.29, 1.82) is 0 Å². The Balaban J connectivity index is 1.90. The summed E-state index contributed by atoms with van der Waals surface area (Å²) in [6.45, 7) is 9.43. The molecule has 3 aromatic rings. The number of benzene rings is 3. The van der Waals surface area contributed by atoms with Gasteiger partial charge < -0.3 is 20.4 Å². The third-order valence-corrected chi connectivity index (χ3v) is 7.36. The molecule has 0 saturated carbocycles. The van der Waals surface area contributed by atoms with E-state index in [1.54, 1.807) is 83.6 Å². The van der Waals surface area contributed by atoms with E-state index in [-0.39, 0.29) is 36.1 Å². The largest absolute Gasteiger partial charge is 0.508 e. The zero-order valence-electron chi connectivity index (χ0n) is 27.3. The van der Waals surface area contributed by atoms with Crippen molar-refractivity contribution in [3.8, 4) is 17.6 Å². The molecule has 2 atom stereocenters. The summed E-state index contributed by atoms with van der Waals surface area (Å²) in [5.41, 5.74) is 5.33. The van der Waals surface area contributed by atoms with Crippen molar-refractivity contribution in [1.82, 2.24) is 20.7 Å². The maximum absolute atomic E-state index is 13.8. The maximum Gasteiger partial charge on any atom is 0.265 e. The topological polar surface area (TPSA) is 122 Å². The van der Waals surface area contributed by atoms with Gasteiger partial charge in [-0.05, 0) is 80.6 Å². The molecule has 2 unspecified atom stereocenters. The second-order valence-electron chi connectivity index (χ2n) is 11.2. The highest BCUT2D eigenvalue weighted by molar-refractivity contribution is 6.00. The van der Waals surface area contributed by atoms with Crippen molar-refractivity contribution < 1.29 is 24.6 Å². The van der Waals surface area contributed by atoms with Crippen molar-refractivity contribution in [3.63, 3.8) is 0 Å². The second kappa shape index (κ2) is 18.4. The maximum atomic E-state index is 13.8. The summed E-state index contributed by atoms with van der Waals surface area (Å²) in [7, 11) is 0. The van der Waals surface area contributed by atoms with E-state index < -0.39 is 18.1 Å².